The van der Waals surface area contributed by atoms with E-state index in [1.54, 1.807) is 0 Å². The number of rotatable bonds is 3. The zero-order valence-corrected chi connectivity index (χ0v) is 11.2. The fourth-order valence-corrected chi connectivity index (χ4v) is 3.16. The highest BCUT2D eigenvalue weighted by molar-refractivity contribution is 9.10. The molecule has 5 heteroatoms. The molecule has 0 aliphatic heterocycles. The fraction of sp³-hybridized carbons (Fsp3) is 0.167. The van der Waals surface area contributed by atoms with Crippen LogP contribution in [0, 0.1) is 11.6 Å². The molecule has 17 heavy (non-hydrogen) atoms. The van der Waals surface area contributed by atoms with Crippen LogP contribution in [0.5, 0.6) is 0 Å². The molecule has 2 rings (SSSR count). The molecule has 1 aromatic carbocycles. The van der Waals surface area contributed by atoms with Crippen molar-refractivity contribution in [1.82, 2.24) is 0 Å². The topological polar surface area (TPSA) is 26.0 Å². The highest BCUT2D eigenvalue weighted by atomic mass is 79.9. The van der Waals surface area contributed by atoms with Gasteiger partial charge >= 0.3 is 0 Å². The first kappa shape index (κ1) is 12.7. The molecule has 0 saturated heterocycles. The molecule has 90 valence electrons. The third-order valence-corrected chi connectivity index (χ3v) is 4.13. The van der Waals surface area contributed by atoms with E-state index in [4.69, 9.17) is 5.73 Å². The monoisotopic (exact) mass is 317 g/mol. The Kier molecular flexibility index (Phi) is 3.91. The van der Waals surface area contributed by atoms with Crippen molar-refractivity contribution in [3.8, 4) is 0 Å². The van der Waals surface area contributed by atoms with Gasteiger partial charge in [-0.3, -0.25) is 0 Å². The Morgan fingerprint density at radius 1 is 1.29 bits per heavy atom. The van der Waals surface area contributed by atoms with E-state index in [2.05, 4.69) is 15.9 Å². The highest BCUT2D eigenvalue weighted by Gasteiger charge is 2.17. The molecule has 2 N–H and O–H groups in total. The summed E-state index contributed by atoms with van der Waals surface area (Å²) in [5, 5.41) is 1.92. The van der Waals surface area contributed by atoms with E-state index < -0.39 is 17.7 Å². The minimum Gasteiger partial charge on any atom is -0.323 e. The molecule has 0 spiro atoms. The van der Waals surface area contributed by atoms with Crippen LogP contribution < -0.4 is 5.73 Å². The zero-order chi connectivity index (χ0) is 12.4. The van der Waals surface area contributed by atoms with E-state index in [1.807, 2.05) is 11.4 Å². The van der Waals surface area contributed by atoms with Crippen molar-refractivity contribution < 1.29 is 8.78 Å². The second-order valence-electron chi connectivity index (χ2n) is 3.68. The molecule has 0 amide bonds. The minimum absolute atomic E-state index is 0.0444. The van der Waals surface area contributed by atoms with E-state index in [0.717, 1.165) is 9.35 Å². The number of hydrogen-bond acceptors (Lipinski definition) is 2. The summed E-state index contributed by atoms with van der Waals surface area (Å²) < 4.78 is 27.9. The first-order valence-corrected chi connectivity index (χ1v) is 6.67. The largest absolute Gasteiger partial charge is 0.323 e. The van der Waals surface area contributed by atoms with E-state index in [1.165, 1.54) is 29.5 Å². The first-order valence-electron chi connectivity index (χ1n) is 5.00. The van der Waals surface area contributed by atoms with Crippen molar-refractivity contribution in [3.63, 3.8) is 0 Å². The molecule has 1 aromatic heterocycles. The van der Waals surface area contributed by atoms with Crippen molar-refractivity contribution in [2.75, 3.05) is 0 Å². The fourth-order valence-electron chi connectivity index (χ4n) is 1.64. The average Bonchev–Trinajstić information content (AvgIpc) is 2.63. The maximum Gasteiger partial charge on any atom is 0.130 e. The quantitative estimate of drug-likeness (QED) is 0.908. The van der Waals surface area contributed by atoms with Gasteiger partial charge in [0.05, 0.1) is 0 Å². The van der Waals surface area contributed by atoms with Crippen molar-refractivity contribution in [3.05, 3.63) is 56.2 Å². The van der Waals surface area contributed by atoms with Gasteiger partial charge in [0.15, 0.2) is 0 Å². The zero-order valence-electron chi connectivity index (χ0n) is 8.79. The predicted molar refractivity (Wildman–Crippen MR) is 69.0 cm³/mol. The number of thiophene rings is 1. The number of nitrogens with two attached hydrogens (primary N) is 1. The van der Waals surface area contributed by atoms with Gasteiger partial charge < -0.3 is 5.73 Å². The normalized spacial score (nSPS) is 12.7. The van der Waals surface area contributed by atoms with Crippen molar-refractivity contribution >= 4 is 27.3 Å². The Labute approximate surface area is 110 Å². The van der Waals surface area contributed by atoms with E-state index in [9.17, 15) is 8.78 Å². The molecular weight excluding hydrogens is 308 g/mol. The Balaban J connectivity index is 2.22. The molecule has 0 fully saturated rings. The molecule has 2 aromatic rings. The number of benzene rings is 1. The third-order valence-electron chi connectivity index (χ3n) is 2.41. The molecule has 0 aliphatic rings. The summed E-state index contributed by atoms with van der Waals surface area (Å²) >= 11 is 4.84. The summed E-state index contributed by atoms with van der Waals surface area (Å²) in [4.78, 5) is 0.993. The highest BCUT2D eigenvalue weighted by Crippen LogP contribution is 2.26. The van der Waals surface area contributed by atoms with E-state index >= 15 is 0 Å². The smallest absolute Gasteiger partial charge is 0.130 e. The summed E-state index contributed by atoms with van der Waals surface area (Å²) in [5.41, 5.74) is 5.80. The summed E-state index contributed by atoms with van der Waals surface area (Å²) in [6.07, 6.45) is 0.425. The minimum atomic E-state index is -0.665. The van der Waals surface area contributed by atoms with Crippen LogP contribution in [0.15, 0.2) is 34.1 Å². The lowest BCUT2D eigenvalue weighted by molar-refractivity contribution is 0.525. The van der Waals surface area contributed by atoms with Crippen LogP contribution in [0.1, 0.15) is 16.5 Å². The maximum absolute atomic E-state index is 13.5. The Hall–Kier alpha value is -0.780. The van der Waals surface area contributed by atoms with E-state index in [-0.39, 0.29) is 5.56 Å². The van der Waals surface area contributed by atoms with Crippen molar-refractivity contribution in [2.24, 2.45) is 5.73 Å². The lowest BCUT2D eigenvalue weighted by Crippen LogP contribution is -2.16. The van der Waals surface area contributed by atoms with Gasteiger partial charge in [-0.25, -0.2) is 8.78 Å². The molecule has 1 nitrogen and oxygen atoms in total. The van der Waals surface area contributed by atoms with Gasteiger partial charge in [0, 0.05) is 32.8 Å². The van der Waals surface area contributed by atoms with Crippen LogP contribution in [0.2, 0.25) is 0 Å². The lowest BCUT2D eigenvalue weighted by Gasteiger charge is -2.12. The van der Waals surface area contributed by atoms with Gasteiger partial charge in [0.1, 0.15) is 11.6 Å². The van der Waals surface area contributed by atoms with Gasteiger partial charge in [0.25, 0.3) is 0 Å². The maximum atomic E-state index is 13.5. The number of halogens is 3. The first-order chi connectivity index (χ1) is 8.08. The standard InChI is InChI=1S/C12H10BrF2NS/c13-7-4-8(17-6-7)5-11(16)12-9(14)2-1-3-10(12)15/h1-4,6,11H,5,16H2. The van der Waals surface area contributed by atoms with Crippen LogP contribution in [0.25, 0.3) is 0 Å². The summed E-state index contributed by atoms with van der Waals surface area (Å²) in [7, 11) is 0. The SMILES string of the molecule is NC(Cc1cc(Br)cs1)c1c(F)cccc1F. The average molecular weight is 318 g/mol. The predicted octanol–water partition coefficient (Wildman–Crippen LogP) is 4.03. The Morgan fingerprint density at radius 2 is 1.94 bits per heavy atom. The van der Waals surface area contributed by atoms with E-state index in [0.29, 0.717) is 6.42 Å². The van der Waals surface area contributed by atoms with Crippen LogP contribution >= 0.6 is 27.3 Å². The molecule has 1 heterocycles. The second-order valence-corrected chi connectivity index (χ2v) is 5.59. The van der Waals surface area contributed by atoms with Crippen molar-refractivity contribution in [2.45, 2.75) is 12.5 Å². The van der Waals surface area contributed by atoms with Crippen molar-refractivity contribution in [1.29, 1.82) is 0 Å². The van der Waals surface area contributed by atoms with Crippen LogP contribution in [0.4, 0.5) is 8.78 Å². The molecule has 1 atom stereocenters. The molecule has 0 aliphatic carbocycles. The van der Waals surface area contributed by atoms with Gasteiger partial charge in [-0.05, 0) is 34.1 Å². The summed E-state index contributed by atoms with van der Waals surface area (Å²) in [6, 6.07) is 5.03. The molecule has 1 unspecified atom stereocenters. The molecule has 0 saturated carbocycles. The van der Waals surface area contributed by atoms with Gasteiger partial charge in [0.2, 0.25) is 0 Å². The van der Waals surface area contributed by atoms with Gasteiger partial charge in [-0.15, -0.1) is 11.3 Å². The third kappa shape index (κ3) is 2.91. The van der Waals surface area contributed by atoms with Crippen LogP contribution in [0.3, 0.4) is 0 Å². The van der Waals surface area contributed by atoms with Gasteiger partial charge in [-0.2, -0.15) is 0 Å². The lowest BCUT2D eigenvalue weighted by atomic mass is 10.0. The molecule has 0 radical (unpaired) electrons. The van der Waals surface area contributed by atoms with Crippen LogP contribution in [-0.2, 0) is 6.42 Å². The second kappa shape index (κ2) is 5.25. The Bertz CT molecular complexity index is 507. The van der Waals surface area contributed by atoms with Crippen LogP contribution in [-0.4, -0.2) is 0 Å². The molecular formula is C12H10BrF2NS. The Morgan fingerprint density at radius 3 is 2.47 bits per heavy atom. The molecule has 0 bridgehead atoms. The van der Waals surface area contributed by atoms with Gasteiger partial charge in [-0.1, -0.05) is 6.07 Å². The summed E-state index contributed by atoms with van der Waals surface area (Å²) in [5.74, 6) is -1.18. The number of hydrogen-bond donors (Lipinski definition) is 1. The summed E-state index contributed by atoms with van der Waals surface area (Å²) in [6.45, 7) is 0.